The van der Waals surface area contributed by atoms with Gasteiger partial charge in [0, 0.05) is 34.6 Å². The number of hydrogen-bond acceptors (Lipinski definition) is 5. The quantitative estimate of drug-likeness (QED) is 0.494. The summed E-state index contributed by atoms with van der Waals surface area (Å²) in [5, 5.41) is 1.15. The minimum absolute atomic E-state index is 0.238. The number of aromatic nitrogens is 1. The zero-order valence-corrected chi connectivity index (χ0v) is 20.0. The van der Waals surface area contributed by atoms with Gasteiger partial charge in [0.15, 0.2) is 0 Å². The van der Waals surface area contributed by atoms with Crippen molar-refractivity contribution in [1.29, 1.82) is 0 Å². The van der Waals surface area contributed by atoms with Crippen molar-refractivity contribution in [3.63, 3.8) is 0 Å². The fraction of sp³-hybridized carbons (Fsp3) is 0.400. The molecule has 1 fully saturated rings. The largest absolute Gasteiger partial charge is 0.497 e. The van der Waals surface area contributed by atoms with Crippen LogP contribution in [-0.4, -0.2) is 31.3 Å². The van der Waals surface area contributed by atoms with Crippen molar-refractivity contribution in [3.8, 4) is 11.5 Å². The van der Waals surface area contributed by atoms with Gasteiger partial charge in [0.2, 0.25) is 0 Å². The molecular formula is C25H30BrN3O2. The van der Waals surface area contributed by atoms with E-state index in [4.69, 9.17) is 20.2 Å². The third-order valence-corrected chi connectivity index (χ3v) is 6.97. The molecule has 164 valence electrons. The fourth-order valence-electron chi connectivity index (χ4n) is 4.49. The smallest absolute Gasteiger partial charge is 0.130 e. The Kier molecular flexibility index (Phi) is 6.68. The molecule has 0 spiro atoms. The van der Waals surface area contributed by atoms with Gasteiger partial charge >= 0.3 is 0 Å². The van der Waals surface area contributed by atoms with Gasteiger partial charge in [-0.15, -0.1) is 0 Å². The topological polar surface area (TPSA) is 60.6 Å². The molecule has 2 aromatic carbocycles. The van der Waals surface area contributed by atoms with Crippen molar-refractivity contribution in [3.05, 3.63) is 58.1 Å². The number of nitrogens with zero attached hydrogens (tertiary/aromatic N) is 2. The summed E-state index contributed by atoms with van der Waals surface area (Å²) in [5.74, 6) is 2.65. The van der Waals surface area contributed by atoms with E-state index in [0.29, 0.717) is 6.04 Å². The van der Waals surface area contributed by atoms with E-state index in [0.717, 1.165) is 64.9 Å². The van der Waals surface area contributed by atoms with Gasteiger partial charge in [0.1, 0.15) is 17.3 Å². The molecule has 1 aliphatic rings. The SMILES string of the molecule is COc1ccc(CN(c2cc(C)c3ccc(OC)cc3n2)C2CCCC(N)C2)c(Br)c1. The lowest BCUT2D eigenvalue weighted by atomic mass is 9.90. The Labute approximate surface area is 192 Å². The maximum atomic E-state index is 6.37. The second-order valence-corrected chi connectivity index (χ2v) is 9.20. The highest BCUT2D eigenvalue weighted by Gasteiger charge is 2.27. The number of rotatable bonds is 6. The fourth-order valence-corrected chi connectivity index (χ4v) is 4.97. The van der Waals surface area contributed by atoms with Crippen LogP contribution in [0.2, 0.25) is 0 Å². The number of aryl methyl sites for hydroxylation is 1. The molecule has 2 unspecified atom stereocenters. The van der Waals surface area contributed by atoms with E-state index in [2.05, 4.69) is 46.0 Å². The molecule has 0 aliphatic heterocycles. The van der Waals surface area contributed by atoms with Crippen LogP contribution < -0.4 is 20.1 Å². The number of hydrogen-bond donors (Lipinski definition) is 1. The predicted octanol–water partition coefficient (Wildman–Crippen LogP) is 5.60. The lowest BCUT2D eigenvalue weighted by Gasteiger charge is -2.38. The number of benzene rings is 2. The van der Waals surface area contributed by atoms with E-state index >= 15 is 0 Å². The average Bonchev–Trinajstić information content (AvgIpc) is 2.77. The summed E-state index contributed by atoms with van der Waals surface area (Å²) in [6.07, 6.45) is 4.34. The third-order valence-electron chi connectivity index (χ3n) is 6.23. The number of anilines is 1. The first kappa shape index (κ1) is 21.9. The molecule has 0 radical (unpaired) electrons. The van der Waals surface area contributed by atoms with Crippen LogP contribution in [0.25, 0.3) is 10.9 Å². The van der Waals surface area contributed by atoms with E-state index in [9.17, 15) is 0 Å². The predicted molar refractivity (Wildman–Crippen MR) is 130 cm³/mol. The van der Waals surface area contributed by atoms with Gasteiger partial charge < -0.3 is 20.1 Å². The van der Waals surface area contributed by atoms with E-state index in [1.165, 1.54) is 11.1 Å². The lowest BCUT2D eigenvalue weighted by Crippen LogP contribution is -2.43. The highest BCUT2D eigenvalue weighted by atomic mass is 79.9. The lowest BCUT2D eigenvalue weighted by molar-refractivity contribution is 0.370. The number of pyridine rings is 1. The Hall–Kier alpha value is -2.31. The van der Waals surface area contributed by atoms with Gasteiger partial charge in [0.05, 0.1) is 19.7 Å². The molecule has 5 nitrogen and oxygen atoms in total. The van der Waals surface area contributed by atoms with E-state index in [-0.39, 0.29) is 6.04 Å². The van der Waals surface area contributed by atoms with Crippen molar-refractivity contribution in [2.45, 2.75) is 51.2 Å². The van der Waals surface area contributed by atoms with Gasteiger partial charge in [-0.1, -0.05) is 22.0 Å². The highest BCUT2D eigenvalue weighted by Crippen LogP contribution is 2.33. The molecule has 1 aliphatic carbocycles. The molecular weight excluding hydrogens is 454 g/mol. The average molecular weight is 484 g/mol. The molecule has 0 bridgehead atoms. The molecule has 4 rings (SSSR count). The van der Waals surface area contributed by atoms with Gasteiger partial charge in [-0.2, -0.15) is 0 Å². The van der Waals surface area contributed by atoms with Crippen LogP contribution in [0.15, 0.2) is 46.9 Å². The molecule has 0 amide bonds. The molecule has 0 saturated heterocycles. The number of nitrogens with two attached hydrogens (primary N) is 1. The third kappa shape index (κ3) is 4.80. The summed E-state index contributed by atoms with van der Waals surface area (Å²) < 4.78 is 11.8. The second-order valence-electron chi connectivity index (χ2n) is 8.35. The molecule has 2 atom stereocenters. The number of halogens is 1. The monoisotopic (exact) mass is 483 g/mol. The van der Waals surface area contributed by atoms with Gasteiger partial charge in [-0.3, -0.25) is 0 Å². The van der Waals surface area contributed by atoms with Crippen LogP contribution in [0.4, 0.5) is 5.82 Å². The van der Waals surface area contributed by atoms with Gasteiger partial charge in [0.25, 0.3) is 0 Å². The van der Waals surface area contributed by atoms with Crippen molar-refractivity contribution in [2.24, 2.45) is 5.73 Å². The Morgan fingerprint density at radius 2 is 1.81 bits per heavy atom. The number of methoxy groups -OCH3 is 2. The zero-order chi connectivity index (χ0) is 22.0. The number of fused-ring (bicyclic) bond motifs is 1. The molecule has 6 heteroatoms. The minimum atomic E-state index is 0.238. The molecule has 1 heterocycles. The van der Waals surface area contributed by atoms with Crippen molar-refractivity contribution >= 4 is 32.7 Å². The Balaban J connectivity index is 1.76. The van der Waals surface area contributed by atoms with Crippen LogP contribution in [0.5, 0.6) is 11.5 Å². The van der Waals surface area contributed by atoms with Crippen LogP contribution in [0.3, 0.4) is 0 Å². The van der Waals surface area contributed by atoms with Crippen molar-refractivity contribution in [2.75, 3.05) is 19.1 Å². The summed E-state index contributed by atoms with van der Waals surface area (Å²) in [6.45, 7) is 2.90. The minimum Gasteiger partial charge on any atom is -0.497 e. The standard InChI is InChI=1S/C25H30BrN3O2/c1-16-11-25(28-24-14-21(31-3)9-10-22(16)24)29(19-6-4-5-18(27)12-19)15-17-7-8-20(30-2)13-23(17)26/h7-11,13-14,18-19H,4-6,12,15,27H2,1-3H3. The summed E-state index contributed by atoms with van der Waals surface area (Å²) in [7, 11) is 3.38. The molecule has 31 heavy (non-hydrogen) atoms. The van der Waals surface area contributed by atoms with Gasteiger partial charge in [-0.05, 0) is 74.1 Å². The molecule has 2 N–H and O–H groups in total. The van der Waals surface area contributed by atoms with Crippen molar-refractivity contribution < 1.29 is 9.47 Å². The Bertz CT molecular complexity index is 1070. The van der Waals surface area contributed by atoms with Crippen LogP contribution >= 0.6 is 15.9 Å². The van der Waals surface area contributed by atoms with Crippen LogP contribution in [0, 0.1) is 6.92 Å². The Morgan fingerprint density at radius 1 is 1.06 bits per heavy atom. The summed E-state index contributed by atoms with van der Waals surface area (Å²) in [6, 6.07) is 15.0. The molecule has 1 aromatic heterocycles. The summed E-state index contributed by atoms with van der Waals surface area (Å²) >= 11 is 3.73. The first-order chi connectivity index (χ1) is 15.0. The molecule has 3 aromatic rings. The zero-order valence-electron chi connectivity index (χ0n) is 18.4. The maximum Gasteiger partial charge on any atom is 0.130 e. The summed E-state index contributed by atoms with van der Waals surface area (Å²) in [4.78, 5) is 7.50. The maximum absolute atomic E-state index is 6.37. The van der Waals surface area contributed by atoms with E-state index in [1.807, 2.05) is 24.3 Å². The highest BCUT2D eigenvalue weighted by molar-refractivity contribution is 9.10. The van der Waals surface area contributed by atoms with Gasteiger partial charge in [-0.25, -0.2) is 4.98 Å². The van der Waals surface area contributed by atoms with Crippen molar-refractivity contribution in [1.82, 2.24) is 4.98 Å². The normalized spacial score (nSPS) is 18.7. The Morgan fingerprint density at radius 3 is 2.52 bits per heavy atom. The first-order valence-electron chi connectivity index (χ1n) is 10.8. The molecule has 1 saturated carbocycles. The summed E-state index contributed by atoms with van der Waals surface area (Å²) in [5.41, 5.74) is 9.73. The van der Waals surface area contributed by atoms with Crippen LogP contribution in [-0.2, 0) is 6.54 Å². The second kappa shape index (κ2) is 9.45. The first-order valence-corrected chi connectivity index (χ1v) is 11.6. The van der Waals surface area contributed by atoms with Crippen LogP contribution in [0.1, 0.15) is 36.8 Å². The van der Waals surface area contributed by atoms with E-state index < -0.39 is 0 Å². The van der Waals surface area contributed by atoms with E-state index in [1.54, 1.807) is 14.2 Å². The number of ether oxygens (including phenoxy) is 2.